The zero-order valence-corrected chi connectivity index (χ0v) is 17.1. The minimum Gasteiger partial charge on any atom is -0.478 e. The van der Waals surface area contributed by atoms with Crippen LogP contribution in [0.15, 0.2) is 60.7 Å². The van der Waals surface area contributed by atoms with Crippen LogP contribution in [0.2, 0.25) is 10.0 Å². The summed E-state index contributed by atoms with van der Waals surface area (Å²) in [6.45, 7) is 0. The van der Waals surface area contributed by atoms with Crippen molar-refractivity contribution in [3.05, 3.63) is 98.5 Å². The molecule has 0 spiro atoms. The molecule has 1 aliphatic carbocycles. The molecule has 146 valence electrons. The molecule has 29 heavy (non-hydrogen) atoms. The van der Waals surface area contributed by atoms with E-state index in [4.69, 9.17) is 28.9 Å². The summed E-state index contributed by atoms with van der Waals surface area (Å²) in [5.74, 6) is -0.920. The summed E-state index contributed by atoms with van der Waals surface area (Å²) in [6, 6.07) is 18.6. The molecule has 0 fully saturated rings. The summed E-state index contributed by atoms with van der Waals surface area (Å²) in [7, 11) is 0. The van der Waals surface area contributed by atoms with Crippen molar-refractivity contribution in [1.29, 1.82) is 0 Å². The summed E-state index contributed by atoms with van der Waals surface area (Å²) < 4.78 is 0. The number of hydrogen-bond donors (Lipinski definition) is 2. The highest BCUT2D eigenvalue weighted by atomic mass is 35.5. The van der Waals surface area contributed by atoms with Gasteiger partial charge in [0.15, 0.2) is 0 Å². The number of hydrogen-bond acceptors (Lipinski definition) is 2. The number of aryl methyl sites for hydroxylation is 1. The monoisotopic (exact) mass is 423 g/mol. The molecule has 0 atom stereocenters. The number of aromatic carboxylic acids is 1. The Morgan fingerprint density at radius 1 is 0.897 bits per heavy atom. The number of fused-ring (bicyclic) bond motifs is 1. The van der Waals surface area contributed by atoms with Crippen molar-refractivity contribution in [2.24, 2.45) is 0 Å². The molecule has 3 nitrogen and oxygen atoms in total. The Kier molecular flexibility index (Phi) is 5.35. The van der Waals surface area contributed by atoms with Gasteiger partial charge in [0.05, 0.1) is 5.56 Å². The Morgan fingerprint density at radius 2 is 1.62 bits per heavy atom. The second-order valence-electron chi connectivity index (χ2n) is 7.13. The van der Waals surface area contributed by atoms with Crippen LogP contribution in [0.4, 0.5) is 5.69 Å². The maximum Gasteiger partial charge on any atom is 0.335 e. The first-order chi connectivity index (χ1) is 13.9. The van der Waals surface area contributed by atoms with Crippen LogP contribution in [-0.2, 0) is 6.42 Å². The number of anilines is 1. The lowest BCUT2D eigenvalue weighted by molar-refractivity contribution is 0.0696. The molecule has 0 aliphatic heterocycles. The molecule has 0 unspecified atom stereocenters. The van der Waals surface area contributed by atoms with E-state index in [1.165, 1.54) is 0 Å². The first-order valence-electron chi connectivity index (χ1n) is 9.35. The van der Waals surface area contributed by atoms with E-state index in [0.717, 1.165) is 52.7 Å². The van der Waals surface area contributed by atoms with E-state index in [-0.39, 0.29) is 0 Å². The number of nitrogens with two attached hydrogens (primary N) is 1. The Bertz CT molecular complexity index is 1130. The van der Waals surface area contributed by atoms with Crippen LogP contribution in [0.1, 0.15) is 45.5 Å². The summed E-state index contributed by atoms with van der Waals surface area (Å²) >= 11 is 12.7. The third-order valence-electron chi connectivity index (χ3n) is 5.25. The number of nitrogen functional groups attached to an aromatic ring is 1. The Labute approximate surface area is 179 Å². The fourth-order valence-corrected chi connectivity index (χ4v) is 4.43. The van der Waals surface area contributed by atoms with Crippen LogP contribution in [0.3, 0.4) is 0 Å². The van der Waals surface area contributed by atoms with Gasteiger partial charge in [-0.2, -0.15) is 0 Å². The Hall–Kier alpha value is -2.75. The Balaban J connectivity index is 2.02. The van der Waals surface area contributed by atoms with Gasteiger partial charge in [0.25, 0.3) is 0 Å². The summed E-state index contributed by atoms with van der Waals surface area (Å²) in [5.41, 5.74) is 13.1. The normalized spacial score (nSPS) is 13.7. The van der Waals surface area contributed by atoms with Gasteiger partial charge in [-0.3, -0.25) is 0 Å². The second-order valence-corrected chi connectivity index (χ2v) is 7.97. The molecule has 3 N–H and O–H groups in total. The van der Waals surface area contributed by atoms with Crippen molar-refractivity contribution in [1.82, 2.24) is 0 Å². The largest absolute Gasteiger partial charge is 0.478 e. The number of benzene rings is 3. The molecule has 0 heterocycles. The third kappa shape index (κ3) is 3.89. The average molecular weight is 424 g/mol. The number of halogens is 2. The predicted octanol–water partition coefficient (Wildman–Crippen LogP) is 6.57. The van der Waals surface area contributed by atoms with E-state index in [1.54, 1.807) is 18.2 Å². The molecule has 0 aromatic heterocycles. The van der Waals surface area contributed by atoms with Crippen LogP contribution >= 0.6 is 23.2 Å². The molecule has 0 saturated carbocycles. The molecule has 0 radical (unpaired) electrons. The van der Waals surface area contributed by atoms with Gasteiger partial charge in [-0.1, -0.05) is 47.5 Å². The standard InChI is InChI=1S/C24H19Cl2NO2/c25-17-7-11-20(22(26)13-17)21-3-1-2-15-12-16(24(28)29)6-10-19(15)23(21)14-4-8-18(27)9-5-14/h4-13H,1-3,27H2,(H,28,29). The summed E-state index contributed by atoms with van der Waals surface area (Å²) in [5, 5.41) is 10.6. The molecule has 0 bridgehead atoms. The lowest BCUT2D eigenvalue weighted by atomic mass is 9.87. The van der Waals surface area contributed by atoms with Gasteiger partial charge in [-0.15, -0.1) is 0 Å². The summed E-state index contributed by atoms with van der Waals surface area (Å²) in [4.78, 5) is 11.5. The van der Waals surface area contributed by atoms with Crippen molar-refractivity contribution >= 4 is 46.0 Å². The Morgan fingerprint density at radius 3 is 2.31 bits per heavy atom. The lowest BCUT2D eigenvalue weighted by Crippen LogP contribution is -2.01. The fourth-order valence-electron chi connectivity index (χ4n) is 3.90. The molecular formula is C24H19Cl2NO2. The van der Waals surface area contributed by atoms with Crippen molar-refractivity contribution in [2.45, 2.75) is 19.3 Å². The van der Waals surface area contributed by atoms with Crippen LogP contribution in [0.25, 0.3) is 11.1 Å². The first kappa shape index (κ1) is 19.6. The van der Waals surface area contributed by atoms with Crippen molar-refractivity contribution in [2.75, 3.05) is 5.73 Å². The van der Waals surface area contributed by atoms with E-state index in [1.807, 2.05) is 42.5 Å². The van der Waals surface area contributed by atoms with Crippen LogP contribution < -0.4 is 5.73 Å². The highest BCUT2D eigenvalue weighted by Crippen LogP contribution is 2.42. The van der Waals surface area contributed by atoms with E-state index >= 15 is 0 Å². The van der Waals surface area contributed by atoms with Gasteiger partial charge in [0.1, 0.15) is 0 Å². The zero-order chi connectivity index (χ0) is 20.5. The smallest absolute Gasteiger partial charge is 0.335 e. The van der Waals surface area contributed by atoms with E-state index < -0.39 is 5.97 Å². The minimum absolute atomic E-state index is 0.299. The summed E-state index contributed by atoms with van der Waals surface area (Å²) in [6.07, 6.45) is 2.50. The number of carboxylic acids is 1. The highest BCUT2D eigenvalue weighted by molar-refractivity contribution is 6.36. The van der Waals surface area contributed by atoms with Crippen molar-refractivity contribution in [3.63, 3.8) is 0 Å². The lowest BCUT2D eigenvalue weighted by Gasteiger charge is -2.18. The van der Waals surface area contributed by atoms with Crippen LogP contribution in [0.5, 0.6) is 0 Å². The highest BCUT2D eigenvalue weighted by Gasteiger charge is 2.22. The quantitative estimate of drug-likeness (QED) is 0.468. The molecule has 4 rings (SSSR count). The van der Waals surface area contributed by atoms with Gasteiger partial charge in [-0.25, -0.2) is 4.79 Å². The number of carboxylic acid groups (broad SMARTS) is 1. The van der Waals surface area contributed by atoms with Gasteiger partial charge < -0.3 is 10.8 Å². The van der Waals surface area contributed by atoms with E-state index in [0.29, 0.717) is 21.3 Å². The van der Waals surface area contributed by atoms with Gasteiger partial charge >= 0.3 is 5.97 Å². The van der Waals surface area contributed by atoms with Gasteiger partial charge in [-0.05, 0) is 89.1 Å². The predicted molar refractivity (Wildman–Crippen MR) is 120 cm³/mol. The fraction of sp³-hybridized carbons (Fsp3) is 0.125. The maximum absolute atomic E-state index is 11.5. The number of allylic oxidation sites excluding steroid dienone is 1. The first-order valence-corrected chi connectivity index (χ1v) is 10.1. The van der Waals surface area contributed by atoms with E-state index in [2.05, 4.69) is 0 Å². The van der Waals surface area contributed by atoms with Crippen LogP contribution in [0, 0.1) is 0 Å². The molecule has 3 aromatic carbocycles. The zero-order valence-electron chi connectivity index (χ0n) is 15.6. The molecule has 5 heteroatoms. The van der Waals surface area contributed by atoms with Crippen molar-refractivity contribution < 1.29 is 9.90 Å². The van der Waals surface area contributed by atoms with Crippen LogP contribution in [-0.4, -0.2) is 11.1 Å². The maximum atomic E-state index is 11.5. The number of rotatable bonds is 3. The molecule has 3 aromatic rings. The minimum atomic E-state index is -0.920. The molecule has 1 aliphatic rings. The number of carbonyl (C=O) groups is 1. The SMILES string of the molecule is Nc1ccc(C2=C(c3ccc(Cl)cc3Cl)CCCc3cc(C(=O)O)ccc32)cc1. The van der Waals surface area contributed by atoms with E-state index in [9.17, 15) is 9.90 Å². The second kappa shape index (κ2) is 7.94. The average Bonchev–Trinajstić information content (AvgIpc) is 2.87. The molecule has 0 saturated heterocycles. The third-order valence-corrected chi connectivity index (χ3v) is 5.80. The molecule has 0 amide bonds. The van der Waals surface area contributed by atoms with Gasteiger partial charge in [0.2, 0.25) is 0 Å². The van der Waals surface area contributed by atoms with Gasteiger partial charge in [0, 0.05) is 15.7 Å². The van der Waals surface area contributed by atoms with Crippen molar-refractivity contribution in [3.8, 4) is 0 Å². The topological polar surface area (TPSA) is 63.3 Å². The molecular weight excluding hydrogens is 405 g/mol.